The van der Waals surface area contributed by atoms with Crippen LogP contribution in [0.2, 0.25) is 0 Å². The predicted molar refractivity (Wildman–Crippen MR) is 115 cm³/mol. The molecule has 32 heavy (non-hydrogen) atoms. The van der Waals surface area contributed by atoms with Crippen molar-refractivity contribution in [2.75, 3.05) is 18.6 Å². The second-order valence-corrected chi connectivity index (χ2v) is 10.7. The molecule has 2 bridgehead atoms. The summed E-state index contributed by atoms with van der Waals surface area (Å²) in [4.78, 5) is 27.3. The molecule has 5 nitrogen and oxygen atoms in total. The lowest BCUT2D eigenvalue weighted by Gasteiger charge is -2.53. The number of methoxy groups -OCH3 is 1. The Labute approximate surface area is 193 Å². The van der Waals surface area contributed by atoms with E-state index in [1.54, 1.807) is 23.1 Å². The standard InChI is InChI=1S/C23H27BrF3NO4/c1-32-19(30)21-8-5-20(6-9-21,7-10-21)14-28(17-4-2-3-16(24)11-17)18(29)15-12-22(31,13-15)23(25,26)27/h2-4,11,15,31H,5-10,12-14H2,1H3/t15-,20?,21?,22+. The van der Waals surface area contributed by atoms with Gasteiger partial charge in [0.1, 0.15) is 0 Å². The van der Waals surface area contributed by atoms with E-state index in [9.17, 15) is 27.9 Å². The third kappa shape index (κ3) is 3.95. The van der Waals surface area contributed by atoms with Crippen molar-refractivity contribution < 1.29 is 32.6 Å². The highest BCUT2D eigenvalue weighted by molar-refractivity contribution is 9.10. The third-order valence-corrected chi connectivity index (χ3v) is 8.44. The number of aliphatic hydroxyl groups is 1. The van der Waals surface area contributed by atoms with Gasteiger partial charge < -0.3 is 14.7 Å². The zero-order valence-electron chi connectivity index (χ0n) is 17.9. The van der Waals surface area contributed by atoms with Crippen molar-refractivity contribution in [1.29, 1.82) is 0 Å². The highest BCUT2D eigenvalue weighted by Crippen LogP contribution is 2.58. The minimum absolute atomic E-state index is 0.174. The van der Waals surface area contributed by atoms with Crippen LogP contribution in [-0.4, -0.2) is 42.4 Å². The van der Waals surface area contributed by atoms with Crippen LogP contribution in [0, 0.1) is 16.7 Å². The molecule has 176 valence electrons. The molecule has 4 saturated carbocycles. The van der Waals surface area contributed by atoms with E-state index >= 15 is 0 Å². The van der Waals surface area contributed by atoms with Crippen LogP contribution in [0.15, 0.2) is 28.7 Å². The first-order valence-electron chi connectivity index (χ1n) is 10.9. The second-order valence-electron chi connectivity index (χ2n) is 9.81. The minimum atomic E-state index is -4.74. The molecule has 0 spiro atoms. The van der Waals surface area contributed by atoms with Gasteiger partial charge in [0.25, 0.3) is 0 Å². The van der Waals surface area contributed by atoms with E-state index in [1.165, 1.54) is 7.11 Å². The lowest BCUT2D eigenvalue weighted by atomic mass is 9.53. The van der Waals surface area contributed by atoms with Gasteiger partial charge in [0.2, 0.25) is 5.91 Å². The summed E-state index contributed by atoms with van der Waals surface area (Å²) in [6.07, 6.45) is -1.61. The Kier molecular flexibility index (Phi) is 5.89. The molecule has 4 aliphatic carbocycles. The summed E-state index contributed by atoms with van der Waals surface area (Å²) in [5, 5.41) is 9.84. The van der Waals surface area contributed by atoms with Gasteiger partial charge in [-0.1, -0.05) is 22.0 Å². The summed E-state index contributed by atoms with van der Waals surface area (Å²) in [7, 11) is 1.40. The topological polar surface area (TPSA) is 66.8 Å². The van der Waals surface area contributed by atoms with Crippen LogP contribution in [0.3, 0.4) is 0 Å². The van der Waals surface area contributed by atoms with Crippen LogP contribution < -0.4 is 4.90 Å². The van der Waals surface area contributed by atoms with Crippen LogP contribution in [0.1, 0.15) is 51.4 Å². The monoisotopic (exact) mass is 517 g/mol. The average Bonchev–Trinajstić information content (AvgIpc) is 2.74. The van der Waals surface area contributed by atoms with E-state index in [2.05, 4.69) is 15.9 Å². The zero-order chi connectivity index (χ0) is 23.4. The molecule has 1 amide bonds. The predicted octanol–water partition coefficient (Wildman–Crippen LogP) is 5.00. The number of esters is 1. The first-order valence-corrected chi connectivity index (χ1v) is 11.7. The molecule has 0 radical (unpaired) electrons. The Balaban J connectivity index is 1.55. The normalized spacial score (nSPS) is 34.0. The summed E-state index contributed by atoms with van der Waals surface area (Å²) in [6.45, 7) is 0.389. The third-order valence-electron chi connectivity index (χ3n) is 7.94. The molecule has 0 atom stereocenters. The molecule has 4 aliphatic rings. The molecule has 1 aromatic rings. The first-order chi connectivity index (χ1) is 14.9. The Hall–Kier alpha value is -1.61. The van der Waals surface area contributed by atoms with E-state index < -0.39 is 36.0 Å². The number of benzene rings is 1. The number of carbonyl (C=O) groups excluding carboxylic acids is 2. The number of hydrogen-bond donors (Lipinski definition) is 1. The average molecular weight is 518 g/mol. The number of hydrogen-bond acceptors (Lipinski definition) is 4. The van der Waals surface area contributed by atoms with Crippen LogP contribution >= 0.6 is 15.9 Å². The largest absolute Gasteiger partial charge is 0.469 e. The van der Waals surface area contributed by atoms with Gasteiger partial charge in [0, 0.05) is 22.6 Å². The number of nitrogens with zero attached hydrogens (tertiary/aromatic N) is 1. The summed E-state index contributed by atoms with van der Waals surface area (Å²) >= 11 is 3.41. The molecule has 1 aromatic carbocycles. The fraction of sp³-hybridized carbons (Fsp3) is 0.652. The summed E-state index contributed by atoms with van der Waals surface area (Å²) in [5.41, 5.74) is -2.79. The molecule has 0 saturated heterocycles. The lowest BCUT2D eigenvalue weighted by Crippen LogP contribution is -2.60. The molecule has 5 rings (SSSR count). The highest BCUT2D eigenvalue weighted by atomic mass is 79.9. The van der Waals surface area contributed by atoms with Crippen molar-refractivity contribution in [2.45, 2.75) is 63.1 Å². The number of carbonyl (C=O) groups is 2. The molecular formula is C23H27BrF3NO4. The van der Waals surface area contributed by atoms with Crippen LogP contribution in [0.5, 0.6) is 0 Å². The van der Waals surface area contributed by atoms with Crippen LogP contribution in [0.4, 0.5) is 18.9 Å². The fourth-order valence-electron chi connectivity index (χ4n) is 5.68. The molecule has 0 unspecified atom stereocenters. The van der Waals surface area contributed by atoms with Gasteiger partial charge in [-0.15, -0.1) is 0 Å². The Bertz CT molecular complexity index is 888. The molecule has 1 N–H and O–H groups in total. The lowest BCUT2D eigenvalue weighted by molar-refractivity contribution is -0.295. The SMILES string of the molecule is COC(=O)C12CCC(CN(c3cccc(Br)c3)C(=O)[C@H]3C[C@](O)(C(F)(F)F)C3)(CC1)CC2. The number of rotatable bonds is 5. The summed E-state index contributed by atoms with van der Waals surface area (Å²) < 4.78 is 45.1. The van der Waals surface area contributed by atoms with Crippen molar-refractivity contribution in [3.05, 3.63) is 28.7 Å². The Morgan fingerprint density at radius 3 is 2.25 bits per heavy atom. The van der Waals surface area contributed by atoms with Crippen molar-refractivity contribution in [2.24, 2.45) is 16.7 Å². The van der Waals surface area contributed by atoms with Crippen molar-refractivity contribution in [1.82, 2.24) is 0 Å². The maximum absolute atomic E-state index is 13.4. The quantitative estimate of drug-likeness (QED) is 0.558. The molecule has 0 aliphatic heterocycles. The molecule has 0 heterocycles. The molecule has 9 heteroatoms. The molecule has 0 aromatic heterocycles. The number of ether oxygens (including phenoxy) is 1. The van der Waals surface area contributed by atoms with Crippen molar-refractivity contribution in [3.8, 4) is 0 Å². The maximum Gasteiger partial charge on any atom is 0.417 e. The number of alkyl halides is 3. The van der Waals surface area contributed by atoms with E-state index in [1.807, 2.05) is 6.07 Å². The van der Waals surface area contributed by atoms with E-state index in [0.717, 1.165) is 23.7 Å². The van der Waals surface area contributed by atoms with Gasteiger partial charge in [-0.05, 0) is 75.0 Å². The van der Waals surface area contributed by atoms with Crippen LogP contribution in [0.25, 0.3) is 0 Å². The van der Waals surface area contributed by atoms with Gasteiger partial charge in [-0.3, -0.25) is 9.59 Å². The second kappa shape index (κ2) is 8.01. The van der Waals surface area contributed by atoms with E-state index in [4.69, 9.17) is 4.74 Å². The fourth-order valence-corrected chi connectivity index (χ4v) is 6.07. The number of anilines is 1. The highest BCUT2D eigenvalue weighted by Gasteiger charge is 2.63. The summed E-state index contributed by atoms with van der Waals surface area (Å²) in [5.74, 6) is -1.44. The van der Waals surface area contributed by atoms with Gasteiger partial charge in [0.05, 0.1) is 12.5 Å². The van der Waals surface area contributed by atoms with Gasteiger partial charge >= 0.3 is 12.1 Å². The minimum Gasteiger partial charge on any atom is -0.469 e. The van der Waals surface area contributed by atoms with E-state index in [0.29, 0.717) is 31.5 Å². The Morgan fingerprint density at radius 2 is 1.75 bits per heavy atom. The number of halogens is 4. The first kappa shape index (κ1) is 23.5. The number of fused-ring (bicyclic) bond motifs is 3. The van der Waals surface area contributed by atoms with Crippen molar-refractivity contribution >= 4 is 33.5 Å². The summed E-state index contributed by atoms with van der Waals surface area (Å²) in [6, 6.07) is 7.17. The molecular weight excluding hydrogens is 491 g/mol. The van der Waals surface area contributed by atoms with E-state index in [-0.39, 0.29) is 17.3 Å². The van der Waals surface area contributed by atoms with Crippen LogP contribution in [-0.2, 0) is 14.3 Å². The molecule has 4 fully saturated rings. The Morgan fingerprint density at radius 1 is 1.16 bits per heavy atom. The van der Waals surface area contributed by atoms with Crippen molar-refractivity contribution in [3.63, 3.8) is 0 Å². The van der Waals surface area contributed by atoms with Gasteiger partial charge in [0.15, 0.2) is 5.60 Å². The maximum atomic E-state index is 13.4. The van der Waals surface area contributed by atoms with Gasteiger partial charge in [-0.2, -0.15) is 13.2 Å². The van der Waals surface area contributed by atoms with Gasteiger partial charge in [-0.25, -0.2) is 0 Å². The smallest absolute Gasteiger partial charge is 0.417 e. The number of amides is 1. The zero-order valence-corrected chi connectivity index (χ0v) is 19.5.